The van der Waals surface area contributed by atoms with Gasteiger partial charge >= 0.3 is 0 Å². The lowest BCUT2D eigenvalue weighted by atomic mass is 10.2. The summed E-state index contributed by atoms with van der Waals surface area (Å²) >= 11 is 0. The Hall–Kier alpha value is -3.40. The monoisotopic (exact) mass is 278 g/mol. The van der Waals surface area contributed by atoms with E-state index in [1.165, 1.54) is 10.7 Å². The lowest BCUT2D eigenvalue weighted by Gasteiger charge is -2.06. The van der Waals surface area contributed by atoms with Gasteiger partial charge in [0, 0.05) is 0 Å². The van der Waals surface area contributed by atoms with E-state index in [9.17, 15) is 4.79 Å². The van der Waals surface area contributed by atoms with E-state index >= 15 is 0 Å². The minimum absolute atomic E-state index is 0.0742. The molecule has 21 heavy (non-hydrogen) atoms. The SMILES string of the molecule is N#Cc1ccccc1NC(=O)c1ccc2cnc(N)nn12. The van der Waals surface area contributed by atoms with Crippen molar-refractivity contribution in [2.45, 2.75) is 0 Å². The molecule has 0 spiro atoms. The highest BCUT2D eigenvalue weighted by Gasteiger charge is 2.14. The summed E-state index contributed by atoms with van der Waals surface area (Å²) in [4.78, 5) is 16.2. The molecule has 2 aromatic heterocycles. The van der Waals surface area contributed by atoms with Crippen LogP contribution in [-0.4, -0.2) is 20.5 Å². The zero-order valence-corrected chi connectivity index (χ0v) is 10.8. The predicted octanol–water partition coefficient (Wildman–Crippen LogP) is 1.44. The van der Waals surface area contributed by atoms with Crippen LogP contribution >= 0.6 is 0 Å². The molecule has 0 radical (unpaired) electrons. The summed E-state index contributed by atoms with van der Waals surface area (Å²) in [5.41, 5.74) is 7.34. The predicted molar refractivity (Wildman–Crippen MR) is 76.5 cm³/mol. The maximum Gasteiger partial charge on any atom is 0.274 e. The van der Waals surface area contributed by atoms with Crippen LogP contribution in [0.3, 0.4) is 0 Å². The number of carbonyl (C=O) groups is 1. The number of nitrogens with zero attached hydrogens (tertiary/aromatic N) is 4. The number of nitrogens with one attached hydrogen (secondary N) is 1. The van der Waals surface area contributed by atoms with E-state index in [4.69, 9.17) is 11.0 Å². The third-order valence-electron chi connectivity index (χ3n) is 2.94. The van der Waals surface area contributed by atoms with Crippen LogP contribution in [0.1, 0.15) is 16.1 Å². The highest BCUT2D eigenvalue weighted by atomic mass is 16.2. The fraction of sp³-hybridized carbons (Fsp3) is 0. The average molecular weight is 278 g/mol. The number of anilines is 2. The number of para-hydroxylation sites is 1. The van der Waals surface area contributed by atoms with Crippen molar-refractivity contribution < 1.29 is 4.79 Å². The summed E-state index contributed by atoms with van der Waals surface area (Å²) in [6, 6.07) is 12.1. The number of fused-ring (bicyclic) bond motifs is 1. The first-order valence-corrected chi connectivity index (χ1v) is 6.10. The molecule has 1 aromatic carbocycles. The maximum atomic E-state index is 12.3. The Morgan fingerprint density at radius 3 is 2.90 bits per heavy atom. The number of amides is 1. The zero-order chi connectivity index (χ0) is 14.8. The second-order valence-electron chi connectivity index (χ2n) is 4.28. The van der Waals surface area contributed by atoms with Crippen LogP contribution in [0.25, 0.3) is 5.52 Å². The second kappa shape index (κ2) is 4.94. The van der Waals surface area contributed by atoms with Gasteiger partial charge in [0.05, 0.1) is 23.0 Å². The Labute approximate surface area is 119 Å². The minimum Gasteiger partial charge on any atom is -0.367 e. The highest BCUT2D eigenvalue weighted by Crippen LogP contribution is 2.16. The van der Waals surface area contributed by atoms with Crippen LogP contribution in [0.2, 0.25) is 0 Å². The number of aromatic nitrogens is 3. The van der Waals surface area contributed by atoms with Crippen LogP contribution in [0, 0.1) is 11.3 Å². The van der Waals surface area contributed by atoms with E-state index in [1.54, 1.807) is 36.4 Å². The van der Waals surface area contributed by atoms with E-state index in [2.05, 4.69) is 15.4 Å². The molecule has 3 aromatic rings. The third kappa shape index (κ3) is 2.26. The van der Waals surface area contributed by atoms with E-state index < -0.39 is 0 Å². The van der Waals surface area contributed by atoms with Crippen molar-refractivity contribution in [3.8, 4) is 6.07 Å². The Balaban J connectivity index is 1.98. The molecule has 7 nitrogen and oxygen atoms in total. The van der Waals surface area contributed by atoms with Gasteiger partial charge in [-0.2, -0.15) is 5.26 Å². The first kappa shape index (κ1) is 12.6. The van der Waals surface area contributed by atoms with Crippen molar-refractivity contribution in [1.82, 2.24) is 14.6 Å². The third-order valence-corrected chi connectivity index (χ3v) is 2.94. The fourth-order valence-electron chi connectivity index (χ4n) is 1.96. The molecule has 7 heteroatoms. The number of hydrogen-bond donors (Lipinski definition) is 2. The first-order valence-electron chi connectivity index (χ1n) is 6.10. The highest BCUT2D eigenvalue weighted by molar-refractivity contribution is 6.04. The van der Waals surface area contributed by atoms with Crippen LogP contribution in [-0.2, 0) is 0 Å². The standard InChI is InChI=1S/C14H10N6O/c15-7-9-3-1-2-4-11(9)18-13(21)12-6-5-10-8-17-14(16)19-20(10)12/h1-6,8H,(H2,16,19)(H,18,21). The summed E-state index contributed by atoms with van der Waals surface area (Å²) in [5.74, 6) is -0.305. The molecular weight excluding hydrogens is 268 g/mol. The number of nitriles is 1. The van der Waals surface area contributed by atoms with Crippen LogP contribution in [0.5, 0.6) is 0 Å². The van der Waals surface area contributed by atoms with Gasteiger partial charge in [0.2, 0.25) is 5.95 Å². The molecule has 0 saturated carbocycles. The van der Waals surface area contributed by atoms with Gasteiger partial charge in [-0.15, -0.1) is 5.10 Å². The second-order valence-corrected chi connectivity index (χ2v) is 4.28. The van der Waals surface area contributed by atoms with Gasteiger partial charge in [0.15, 0.2) is 0 Å². The van der Waals surface area contributed by atoms with Gasteiger partial charge in [-0.25, -0.2) is 9.50 Å². The molecule has 1 amide bonds. The van der Waals surface area contributed by atoms with E-state index in [1.807, 2.05) is 6.07 Å². The molecule has 3 rings (SSSR count). The largest absolute Gasteiger partial charge is 0.367 e. The topological polar surface area (TPSA) is 109 Å². The number of benzene rings is 1. The molecule has 0 saturated heterocycles. The molecule has 0 unspecified atom stereocenters. The molecule has 3 N–H and O–H groups in total. The fourth-order valence-corrected chi connectivity index (χ4v) is 1.96. The van der Waals surface area contributed by atoms with Crippen molar-refractivity contribution >= 4 is 23.1 Å². The van der Waals surface area contributed by atoms with Crippen molar-refractivity contribution in [3.63, 3.8) is 0 Å². The molecule has 0 aliphatic heterocycles. The zero-order valence-electron chi connectivity index (χ0n) is 10.8. The van der Waals surface area contributed by atoms with Crippen LogP contribution in [0.4, 0.5) is 11.6 Å². The van der Waals surface area contributed by atoms with Crippen LogP contribution < -0.4 is 11.1 Å². The molecule has 0 aliphatic carbocycles. The van der Waals surface area contributed by atoms with Gasteiger partial charge in [-0.05, 0) is 24.3 Å². The molecule has 0 atom stereocenters. The molecule has 0 aliphatic rings. The van der Waals surface area contributed by atoms with Crippen molar-refractivity contribution in [3.05, 3.63) is 53.9 Å². The molecule has 102 valence electrons. The Morgan fingerprint density at radius 1 is 1.29 bits per heavy atom. The summed E-state index contributed by atoms with van der Waals surface area (Å²) in [6.07, 6.45) is 1.53. The van der Waals surface area contributed by atoms with E-state index in [-0.39, 0.29) is 11.9 Å². The first-order chi connectivity index (χ1) is 10.2. The van der Waals surface area contributed by atoms with Crippen molar-refractivity contribution in [1.29, 1.82) is 5.26 Å². The molecule has 0 fully saturated rings. The van der Waals surface area contributed by atoms with Gasteiger partial charge in [0.1, 0.15) is 11.8 Å². The molecule has 2 heterocycles. The van der Waals surface area contributed by atoms with Crippen molar-refractivity contribution in [2.24, 2.45) is 0 Å². The van der Waals surface area contributed by atoms with Gasteiger partial charge in [-0.1, -0.05) is 12.1 Å². The lowest BCUT2D eigenvalue weighted by molar-refractivity contribution is 0.102. The smallest absolute Gasteiger partial charge is 0.274 e. The summed E-state index contributed by atoms with van der Waals surface area (Å²) in [5, 5.41) is 15.7. The summed E-state index contributed by atoms with van der Waals surface area (Å²) in [7, 11) is 0. The normalized spacial score (nSPS) is 10.2. The molecule has 0 bridgehead atoms. The van der Waals surface area contributed by atoms with Gasteiger partial charge in [0.25, 0.3) is 5.91 Å². The van der Waals surface area contributed by atoms with E-state index in [0.717, 1.165) is 0 Å². The number of hydrogen-bond acceptors (Lipinski definition) is 5. The summed E-state index contributed by atoms with van der Waals surface area (Å²) < 4.78 is 1.41. The van der Waals surface area contributed by atoms with E-state index in [0.29, 0.717) is 22.5 Å². The Kier molecular flexibility index (Phi) is 2.97. The number of nitrogen functional groups attached to an aromatic ring is 1. The Morgan fingerprint density at radius 2 is 2.10 bits per heavy atom. The number of rotatable bonds is 2. The quantitative estimate of drug-likeness (QED) is 0.737. The lowest BCUT2D eigenvalue weighted by Crippen LogP contribution is -2.16. The minimum atomic E-state index is -0.379. The van der Waals surface area contributed by atoms with Gasteiger partial charge in [-0.3, -0.25) is 4.79 Å². The number of nitrogens with two attached hydrogens (primary N) is 1. The average Bonchev–Trinajstić information content (AvgIpc) is 2.90. The van der Waals surface area contributed by atoms with Gasteiger partial charge < -0.3 is 11.1 Å². The van der Waals surface area contributed by atoms with Crippen LogP contribution in [0.15, 0.2) is 42.6 Å². The number of carbonyl (C=O) groups excluding carboxylic acids is 1. The summed E-state index contributed by atoms with van der Waals surface area (Å²) in [6.45, 7) is 0. The Bertz CT molecular complexity index is 877. The van der Waals surface area contributed by atoms with Crippen molar-refractivity contribution in [2.75, 3.05) is 11.1 Å². The molecular formula is C14H10N6O. The maximum absolute atomic E-state index is 12.3.